The van der Waals surface area contributed by atoms with Crippen LogP contribution < -0.4 is 0 Å². The third-order valence-corrected chi connectivity index (χ3v) is 22.0. The number of ether oxygens (including phenoxy) is 4. The molecule has 0 aromatic carbocycles. The highest BCUT2D eigenvalue weighted by Crippen LogP contribution is 2.45. The third kappa shape index (κ3) is 78.2. The number of phosphoric acid groups is 2. The van der Waals surface area contributed by atoms with Crippen LogP contribution in [0, 0.1) is 0 Å². The highest BCUT2D eigenvalue weighted by Gasteiger charge is 2.30. The molecule has 2 unspecified atom stereocenters. The van der Waals surface area contributed by atoms with Gasteiger partial charge in [0, 0.05) is 25.7 Å². The lowest BCUT2D eigenvalue weighted by Gasteiger charge is -2.21. The van der Waals surface area contributed by atoms with E-state index in [2.05, 4.69) is 27.7 Å². The van der Waals surface area contributed by atoms with Gasteiger partial charge in [0.1, 0.15) is 19.3 Å². The van der Waals surface area contributed by atoms with Crippen LogP contribution in [0.1, 0.15) is 464 Å². The van der Waals surface area contributed by atoms with E-state index in [-0.39, 0.29) is 25.7 Å². The summed E-state index contributed by atoms with van der Waals surface area (Å²) in [4.78, 5) is 72.9. The zero-order valence-electron chi connectivity index (χ0n) is 68.0. The summed E-state index contributed by atoms with van der Waals surface area (Å²) in [6.45, 7) is 4.96. The van der Waals surface area contributed by atoms with Crippen LogP contribution in [0.5, 0.6) is 0 Å². The van der Waals surface area contributed by atoms with Gasteiger partial charge in [-0.2, -0.15) is 0 Å². The molecule has 17 nitrogen and oxygen atoms in total. The largest absolute Gasteiger partial charge is 0.472 e. The Labute approximate surface area is 638 Å². The number of esters is 4. The van der Waals surface area contributed by atoms with Crippen molar-refractivity contribution in [3.05, 3.63) is 0 Å². The summed E-state index contributed by atoms with van der Waals surface area (Å²) in [5.74, 6) is -2.11. The van der Waals surface area contributed by atoms with Crippen LogP contribution in [-0.4, -0.2) is 96.7 Å². The van der Waals surface area contributed by atoms with Gasteiger partial charge >= 0.3 is 39.5 Å². The van der Waals surface area contributed by atoms with Crippen molar-refractivity contribution < 1.29 is 80.2 Å². The van der Waals surface area contributed by atoms with E-state index >= 15 is 0 Å². The summed E-state index contributed by atoms with van der Waals surface area (Å²) < 4.78 is 68.6. The Balaban J connectivity index is 5.09. The number of hydrogen-bond donors (Lipinski definition) is 3. The Hall–Kier alpha value is -1.94. The monoisotopic (exact) mass is 1520 g/mol. The lowest BCUT2D eigenvalue weighted by atomic mass is 10.0. The average Bonchev–Trinajstić information content (AvgIpc) is 0.917. The minimum atomic E-state index is -4.96. The standard InChI is InChI=1S/C85H166O17P2/c1-5-9-13-17-20-23-26-29-32-35-38-39-42-45-48-51-54-57-60-64-68-72-85(90)102-81(76-96-83(88)70-66-62-58-55-52-49-46-43-40-36-33-30-27-24-21-18-14-10-6-2)78-100-104(93,94)98-74-79(86)73-97-103(91,92)99-77-80(75-95-82(87)69-65-61-16-12-8-4)101-84(89)71-67-63-59-56-53-50-47-44-41-37-34-31-28-25-22-19-15-11-7-3/h79-81,86H,5-78H2,1-4H3,(H,91,92)(H,93,94)/t79-,80+,81+/m0/s1. The Kier molecular flexibility index (Phi) is 77.7. The number of rotatable bonds is 86. The summed E-state index contributed by atoms with van der Waals surface area (Å²) in [6.07, 6.45) is 74.2. The van der Waals surface area contributed by atoms with Gasteiger partial charge in [-0.05, 0) is 25.7 Å². The van der Waals surface area contributed by atoms with Crippen molar-refractivity contribution in [1.29, 1.82) is 0 Å². The van der Waals surface area contributed by atoms with Crippen LogP contribution in [0.2, 0.25) is 0 Å². The number of carbonyl (C=O) groups excluding carboxylic acids is 4. The van der Waals surface area contributed by atoms with Gasteiger partial charge in [-0.25, -0.2) is 9.13 Å². The first kappa shape index (κ1) is 102. The number of aliphatic hydroxyl groups excluding tert-OH is 1. The first-order valence-electron chi connectivity index (χ1n) is 44.3. The maximum Gasteiger partial charge on any atom is 0.472 e. The average molecular weight is 1520 g/mol. The van der Waals surface area contributed by atoms with E-state index in [9.17, 15) is 43.2 Å². The summed E-state index contributed by atoms with van der Waals surface area (Å²) >= 11 is 0. The highest BCUT2D eigenvalue weighted by molar-refractivity contribution is 7.47. The van der Waals surface area contributed by atoms with Gasteiger partial charge in [0.15, 0.2) is 12.2 Å². The molecule has 0 heterocycles. The molecule has 0 saturated heterocycles. The first-order chi connectivity index (χ1) is 50.7. The van der Waals surface area contributed by atoms with E-state index in [1.54, 1.807) is 0 Å². The van der Waals surface area contributed by atoms with Crippen molar-refractivity contribution in [3.63, 3.8) is 0 Å². The number of hydrogen-bond acceptors (Lipinski definition) is 15. The molecule has 104 heavy (non-hydrogen) atoms. The van der Waals surface area contributed by atoms with Crippen LogP contribution in [0.3, 0.4) is 0 Å². The van der Waals surface area contributed by atoms with E-state index in [0.717, 1.165) is 96.3 Å². The topological polar surface area (TPSA) is 237 Å². The predicted octanol–water partition coefficient (Wildman–Crippen LogP) is 26.1. The molecule has 0 radical (unpaired) electrons. The number of aliphatic hydroxyl groups is 1. The SMILES string of the molecule is CCCCCCCCCCCCCCCCCCCCCCCC(=O)O[C@H](COC(=O)CCCCCCCCCCCCCCCCCCCCC)COP(=O)(O)OC[C@@H](O)COP(=O)(O)OC[C@@H](COC(=O)CCCCCCC)OC(=O)CCCCCCCCCCCCCCCCCCCCC. The Morgan fingerprint density at radius 3 is 0.567 bits per heavy atom. The maximum absolute atomic E-state index is 13.1. The minimum Gasteiger partial charge on any atom is -0.462 e. The summed E-state index contributed by atoms with van der Waals surface area (Å²) in [5.41, 5.74) is 0. The molecular weight excluding hydrogens is 1350 g/mol. The molecule has 0 aliphatic rings. The second-order valence-electron chi connectivity index (χ2n) is 30.6. The van der Waals surface area contributed by atoms with Gasteiger partial charge in [-0.1, -0.05) is 413 Å². The van der Waals surface area contributed by atoms with Crippen LogP contribution in [-0.2, 0) is 65.4 Å². The van der Waals surface area contributed by atoms with E-state index in [0.29, 0.717) is 25.7 Å². The molecule has 0 rings (SSSR count). The van der Waals surface area contributed by atoms with Gasteiger partial charge < -0.3 is 33.8 Å². The molecule has 0 aromatic rings. The van der Waals surface area contributed by atoms with Crippen molar-refractivity contribution in [3.8, 4) is 0 Å². The lowest BCUT2D eigenvalue weighted by molar-refractivity contribution is -0.161. The van der Waals surface area contributed by atoms with Gasteiger partial charge in [0.2, 0.25) is 0 Å². The van der Waals surface area contributed by atoms with E-state index in [4.69, 9.17) is 37.0 Å². The fraction of sp³-hybridized carbons (Fsp3) is 0.953. The zero-order valence-corrected chi connectivity index (χ0v) is 69.8. The van der Waals surface area contributed by atoms with Crippen molar-refractivity contribution in [1.82, 2.24) is 0 Å². The Bertz CT molecular complexity index is 1960. The van der Waals surface area contributed by atoms with Gasteiger partial charge in [0.25, 0.3) is 0 Å². The molecule has 3 N–H and O–H groups in total. The Morgan fingerprint density at radius 1 is 0.231 bits per heavy atom. The second kappa shape index (κ2) is 79.2. The molecule has 0 saturated carbocycles. The maximum atomic E-state index is 13.1. The number of carbonyl (C=O) groups is 4. The molecular formula is C85H166O17P2. The zero-order chi connectivity index (χ0) is 76.0. The van der Waals surface area contributed by atoms with Crippen LogP contribution >= 0.6 is 15.6 Å². The Morgan fingerprint density at radius 2 is 0.385 bits per heavy atom. The van der Waals surface area contributed by atoms with Crippen LogP contribution in [0.4, 0.5) is 0 Å². The van der Waals surface area contributed by atoms with Crippen LogP contribution in [0.15, 0.2) is 0 Å². The first-order valence-corrected chi connectivity index (χ1v) is 47.3. The van der Waals surface area contributed by atoms with Crippen LogP contribution in [0.25, 0.3) is 0 Å². The molecule has 0 aliphatic heterocycles. The summed E-state index contributed by atoms with van der Waals surface area (Å²) in [5, 5.41) is 10.6. The van der Waals surface area contributed by atoms with Gasteiger partial charge in [-0.15, -0.1) is 0 Å². The molecule has 0 amide bonds. The molecule has 0 aromatic heterocycles. The predicted molar refractivity (Wildman–Crippen MR) is 428 cm³/mol. The van der Waals surface area contributed by atoms with Crippen molar-refractivity contribution in [2.75, 3.05) is 39.6 Å². The van der Waals surface area contributed by atoms with Crippen molar-refractivity contribution in [2.24, 2.45) is 0 Å². The molecule has 0 fully saturated rings. The molecule has 0 spiro atoms. The number of phosphoric ester groups is 2. The lowest BCUT2D eigenvalue weighted by Crippen LogP contribution is -2.30. The molecule has 0 aliphatic carbocycles. The van der Waals surface area contributed by atoms with Gasteiger partial charge in [0.05, 0.1) is 26.4 Å². The van der Waals surface area contributed by atoms with E-state index in [1.807, 2.05) is 0 Å². The molecule has 0 bridgehead atoms. The second-order valence-corrected chi connectivity index (χ2v) is 33.5. The van der Waals surface area contributed by atoms with Crippen molar-refractivity contribution >= 4 is 39.5 Å². The molecule has 19 heteroatoms. The van der Waals surface area contributed by atoms with E-state index < -0.39 is 97.5 Å². The minimum absolute atomic E-state index is 0.108. The molecule has 618 valence electrons. The molecule has 5 atom stereocenters. The normalized spacial score (nSPS) is 13.7. The fourth-order valence-electron chi connectivity index (χ4n) is 13.3. The summed E-state index contributed by atoms with van der Waals surface area (Å²) in [7, 11) is -9.91. The summed E-state index contributed by atoms with van der Waals surface area (Å²) in [6, 6.07) is 0. The highest BCUT2D eigenvalue weighted by atomic mass is 31.2. The smallest absolute Gasteiger partial charge is 0.462 e. The van der Waals surface area contributed by atoms with E-state index in [1.165, 1.54) is 289 Å². The van der Waals surface area contributed by atoms with Gasteiger partial charge in [-0.3, -0.25) is 37.3 Å². The number of unbranched alkanes of at least 4 members (excludes halogenated alkanes) is 60. The third-order valence-electron chi connectivity index (χ3n) is 20.1. The van der Waals surface area contributed by atoms with Crippen molar-refractivity contribution in [2.45, 2.75) is 483 Å². The quantitative estimate of drug-likeness (QED) is 0.0222. The fourth-order valence-corrected chi connectivity index (χ4v) is 14.9.